The highest BCUT2D eigenvalue weighted by Crippen LogP contribution is 2.39. The molecule has 1 heterocycles. The van der Waals surface area contributed by atoms with E-state index < -0.39 is 12.3 Å². The number of aliphatic hydroxyl groups is 2. The molecule has 0 spiro atoms. The average Bonchev–Trinajstić information content (AvgIpc) is 2.89. The third-order valence-electron chi connectivity index (χ3n) is 6.76. The normalized spacial score (nSPS) is 16.0. The maximum atomic E-state index is 13.8. The average molecular weight is 533 g/mol. The molecule has 0 fully saturated rings. The van der Waals surface area contributed by atoms with E-state index in [-0.39, 0.29) is 23.5 Å². The molecule has 0 bridgehead atoms. The van der Waals surface area contributed by atoms with Crippen molar-refractivity contribution in [2.75, 3.05) is 16.8 Å². The van der Waals surface area contributed by atoms with Gasteiger partial charge in [0.1, 0.15) is 5.76 Å². The summed E-state index contributed by atoms with van der Waals surface area (Å²) in [6.07, 6.45) is -1.30. The number of nitrogens with one attached hydrogen (secondary N) is 1. The van der Waals surface area contributed by atoms with E-state index in [0.717, 1.165) is 22.0 Å². The number of hydrogen-bond donors (Lipinski definition) is 3. The number of nitrogens with zero attached hydrogens (tertiary/aromatic N) is 1. The smallest absolute Gasteiger partial charge is 0.169 e. The van der Waals surface area contributed by atoms with E-state index in [9.17, 15) is 15.0 Å². The summed E-state index contributed by atoms with van der Waals surface area (Å²) >= 11 is 12.3. The molecule has 7 heteroatoms. The van der Waals surface area contributed by atoms with Gasteiger partial charge in [0.15, 0.2) is 12.0 Å². The Bertz CT molecular complexity index is 1500. The fraction of sp³-hybridized carbons (Fsp3) is 0.167. The molecule has 2 unspecified atom stereocenters. The van der Waals surface area contributed by atoms with Gasteiger partial charge in [-0.1, -0.05) is 71.7 Å². The number of benzene rings is 4. The first-order valence-electron chi connectivity index (χ1n) is 12.1. The van der Waals surface area contributed by atoms with Gasteiger partial charge in [0.25, 0.3) is 0 Å². The van der Waals surface area contributed by atoms with Crippen molar-refractivity contribution >= 4 is 56.9 Å². The first kappa shape index (κ1) is 25.2. The third kappa shape index (κ3) is 4.90. The minimum Gasteiger partial charge on any atom is -0.507 e. The molecule has 0 saturated heterocycles. The molecule has 4 aromatic rings. The Morgan fingerprint density at radius 1 is 0.973 bits per heavy atom. The summed E-state index contributed by atoms with van der Waals surface area (Å²) in [7, 11) is 0. The van der Waals surface area contributed by atoms with Crippen LogP contribution in [-0.4, -0.2) is 28.8 Å². The number of ketones is 1. The van der Waals surface area contributed by atoms with E-state index in [1.54, 1.807) is 35.2 Å². The van der Waals surface area contributed by atoms with Crippen LogP contribution in [0.25, 0.3) is 16.5 Å². The van der Waals surface area contributed by atoms with Crippen LogP contribution < -0.4 is 10.2 Å². The second-order valence-electron chi connectivity index (χ2n) is 8.99. The number of carbonyl (C=O) groups is 1. The fourth-order valence-electron chi connectivity index (χ4n) is 4.90. The van der Waals surface area contributed by atoms with Crippen LogP contribution in [0.5, 0.6) is 0 Å². The Morgan fingerprint density at radius 2 is 1.68 bits per heavy atom. The second kappa shape index (κ2) is 10.5. The van der Waals surface area contributed by atoms with Crippen LogP contribution in [0.3, 0.4) is 0 Å². The molecule has 3 N–H and O–H groups in total. The molecule has 5 rings (SSSR count). The van der Waals surface area contributed by atoms with Crippen molar-refractivity contribution in [1.82, 2.24) is 0 Å². The molecule has 2 atom stereocenters. The predicted molar refractivity (Wildman–Crippen MR) is 151 cm³/mol. The van der Waals surface area contributed by atoms with Gasteiger partial charge in [0.2, 0.25) is 0 Å². The van der Waals surface area contributed by atoms with Crippen molar-refractivity contribution in [1.29, 1.82) is 0 Å². The van der Waals surface area contributed by atoms with Gasteiger partial charge in [0.05, 0.1) is 17.3 Å². The Balaban J connectivity index is 1.54. The quantitative estimate of drug-likeness (QED) is 0.231. The summed E-state index contributed by atoms with van der Waals surface area (Å²) in [5, 5.41) is 29.0. The van der Waals surface area contributed by atoms with Gasteiger partial charge in [-0.3, -0.25) is 4.79 Å². The van der Waals surface area contributed by atoms with Gasteiger partial charge in [-0.05, 0) is 54.3 Å². The van der Waals surface area contributed by atoms with Gasteiger partial charge in [-0.2, -0.15) is 0 Å². The number of Topliss-reactive ketones (excluding diaryl/α,β-unsaturated/α-hetero) is 1. The molecule has 188 valence electrons. The van der Waals surface area contributed by atoms with E-state index >= 15 is 0 Å². The molecule has 0 saturated carbocycles. The van der Waals surface area contributed by atoms with Crippen molar-refractivity contribution in [3.8, 4) is 0 Å². The molecular weight excluding hydrogens is 507 g/mol. The van der Waals surface area contributed by atoms with E-state index in [4.69, 9.17) is 23.2 Å². The van der Waals surface area contributed by atoms with Crippen LogP contribution in [-0.2, 0) is 4.79 Å². The van der Waals surface area contributed by atoms with E-state index in [2.05, 4.69) is 5.32 Å². The lowest BCUT2D eigenvalue weighted by molar-refractivity contribution is -0.116. The summed E-state index contributed by atoms with van der Waals surface area (Å²) in [6, 6.07) is 25.9. The summed E-state index contributed by atoms with van der Waals surface area (Å²) in [6.45, 7) is 2.30. The van der Waals surface area contributed by atoms with Crippen molar-refractivity contribution in [2.24, 2.45) is 0 Å². The number of likely N-dealkylation sites (N-methyl/N-ethyl adjacent to an activating group) is 1. The largest absolute Gasteiger partial charge is 0.507 e. The fourth-order valence-corrected chi connectivity index (χ4v) is 5.19. The Labute approximate surface area is 225 Å². The first-order chi connectivity index (χ1) is 17.9. The SMILES string of the molecule is CCN1c2cc(Cl)ccc2C(O)=C(C(=O)CC(Nc2cccc3ccccc23)c2ccc(Cl)cc2)C1O. The summed E-state index contributed by atoms with van der Waals surface area (Å²) in [4.78, 5) is 15.4. The van der Waals surface area contributed by atoms with Crippen molar-refractivity contribution in [2.45, 2.75) is 25.6 Å². The van der Waals surface area contributed by atoms with Crippen molar-refractivity contribution < 1.29 is 15.0 Å². The van der Waals surface area contributed by atoms with Crippen molar-refractivity contribution in [3.05, 3.63) is 112 Å². The molecule has 37 heavy (non-hydrogen) atoms. The minimum absolute atomic E-state index is 0.00177. The lowest BCUT2D eigenvalue weighted by atomic mass is 9.91. The zero-order valence-electron chi connectivity index (χ0n) is 20.2. The minimum atomic E-state index is -1.30. The molecule has 0 aliphatic carbocycles. The number of aliphatic hydroxyl groups excluding tert-OH is 2. The van der Waals surface area contributed by atoms with Crippen molar-refractivity contribution in [3.63, 3.8) is 0 Å². The zero-order chi connectivity index (χ0) is 26.1. The lowest BCUT2D eigenvalue weighted by Crippen LogP contribution is -2.42. The number of fused-ring (bicyclic) bond motifs is 2. The molecule has 4 aromatic carbocycles. The standard InChI is InChI=1S/C30H26Cl2N2O3/c1-2-34-26-16-21(32)14-15-23(26)29(36)28(30(34)37)27(35)17-25(19-10-12-20(31)13-11-19)33-24-9-5-7-18-6-3-4-8-22(18)24/h3-16,25,30,33,36-37H,2,17H2,1H3. The third-order valence-corrected chi connectivity index (χ3v) is 7.24. The van der Waals surface area contributed by atoms with E-state index in [0.29, 0.717) is 27.8 Å². The maximum absolute atomic E-state index is 13.8. The highest BCUT2D eigenvalue weighted by atomic mass is 35.5. The Morgan fingerprint density at radius 3 is 2.43 bits per heavy atom. The van der Waals surface area contributed by atoms with Crippen LogP contribution in [0.4, 0.5) is 11.4 Å². The number of anilines is 2. The topological polar surface area (TPSA) is 72.8 Å². The number of hydrogen-bond acceptors (Lipinski definition) is 5. The summed E-state index contributed by atoms with van der Waals surface area (Å²) in [5.41, 5.74) is 2.75. The van der Waals surface area contributed by atoms with Gasteiger partial charge < -0.3 is 20.4 Å². The van der Waals surface area contributed by atoms with Crippen LogP contribution in [0, 0.1) is 0 Å². The monoisotopic (exact) mass is 532 g/mol. The lowest BCUT2D eigenvalue weighted by Gasteiger charge is -2.36. The number of halogens is 2. The Kier molecular flexibility index (Phi) is 7.11. The molecule has 5 nitrogen and oxygen atoms in total. The summed E-state index contributed by atoms with van der Waals surface area (Å²) < 4.78 is 0. The Hall–Kier alpha value is -3.51. The highest BCUT2D eigenvalue weighted by Gasteiger charge is 2.36. The highest BCUT2D eigenvalue weighted by molar-refractivity contribution is 6.31. The predicted octanol–water partition coefficient (Wildman–Crippen LogP) is 7.39. The van der Waals surface area contributed by atoms with E-state index in [1.165, 1.54) is 0 Å². The molecule has 1 aliphatic rings. The van der Waals surface area contributed by atoms with Gasteiger partial charge >= 0.3 is 0 Å². The second-order valence-corrected chi connectivity index (χ2v) is 9.86. The molecular formula is C30H26Cl2N2O3. The zero-order valence-corrected chi connectivity index (χ0v) is 21.7. The molecule has 0 aromatic heterocycles. The number of rotatable bonds is 7. The van der Waals surface area contributed by atoms with Crippen LogP contribution in [0.15, 0.2) is 90.5 Å². The van der Waals surface area contributed by atoms with Crippen LogP contribution in [0.1, 0.15) is 30.5 Å². The van der Waals surface area contributed by atoms with Crippen LogP contribution >= 0.6 is 23.2 Å². The summed E-state index contributed by atoms with van der Waals surface area (Å²) in [5.74, 6) is -0.592. The first-order valence-corrected chi connectivity index (χ1v) is 12.8. The molecule has 0 amide bonds. The molecule has 0 radical (unpaired) electrons. The van der Waals surface area contributed by atoms with Gasteiger partial charge in [0, 0.05) is 39.6 Å². The van der Waals surface area contributed by atoms with Gasteiger partial charge in [-0.15, -0.1) is 0 Å². The van der Waals surface area contributed by atoms with Gasteiger partial charge in [-0.25, -0.2) is 0 Å². The van der Waals surface area contributed by atoms with Crippen LogP contribution in [0.2, 0.25) is 10.0 Å². The maximum Gasteiger partial charge on any atom is 0.169 e. The van der Waals surface area contributed by atoms with E-state index in [1.807, 2.05) is 61.5 Å². The number of carbonyl (C=O) groups excluding carboxylic acids is 1. The molecule has 1 aliphatic heterocycles.